The summed E-state index contributed by atoms with van der Waals surface area (Å²) >= 11 is 0. The molecular weight excluding hydrogens is 355 g/mol. The molecule has 1 aromatic carbocycles. The summed E-state index contributed by atoms with van der Waals surface area (Å²) in [6.07, 6.45) is 2.29. The fourth-order valence-electron chi connectivity index (χ4n) is 2.86. The molecule has 0 bridgehead atoms. The molecule has 140 valence electrons. The van der Waals surface area contributed by atoms with E-state index in [1.807, 2.05) is 13.3 Å². The van der Waals surface area contributed by atoms with Gasteiger partial charge in [-0.25, -0.2) is 9.97 Å². The molecule has 3 rings (SSSR count). The molecule has 3 N–H and O–H groups in total. The Morgan fingerprint density at radius 1 is 1.07 bits per heavy atom. The highest BCUT2D eigenvalue weighted by Crippen LogP contribution is 2.43. The van der Waals surface area contributed by atoms with Crippen LogP contribution in [0.3, 0.4) is 0 Å². The summed E-state index contributed by atoms with van der Waals surface area (Å²) in [5.74, 6) is -2.01. The maximum absolute atomic E-state index is 12.1. The van der Waals surface area contributed by atoms with Gasteiger partial charge >= 0.3 is 12.3 Å². The number of hydrogen-bond acceptors (Lipinski definition) is 5. The van der Waals surface area contributed by atoms with Crippen LogP contribution in [0.4, 0.5) is 14.7 Å². The summed E-state index contributed by atoms with van der Waals surface area (Å²) in [6.45, 7) is 0. The third kappa shape index (κ3) is 4.21. The Balaban J connectivity index is 1.65. The SMILES string of the molecule is Bc1ccc(C2(Nc3ncc(C(=O)NNC(=O)C(F)F)cn3)CCC2)cc1. The summed E-state index contributed by atoms with van der Waals surface area (Å²) in [4.78, 5) is 30.8. The van der Waals surface area contributed by atoms with E-state index >= 15 is 0 Å². The van der Waals surface area contributed by atoms with E-state index in [1.54, 1.807) is 5.43 Å². The number of alkyl halides is 2. The van der Waals surface area contributed by atoms with Gasteiger partial charge in [-0.3, -0.25) is 20.4 Å². The minimum atomic E-state index is -3.21. The lowest BCUT2D eigenvalue weighted by atomic mass is 9.71. The van der Waals surface area contributed by atoms with Gasteiger partial charge < -0.3 is 5.32 Å². The average Bonchev–Trinajstić information content (AvgIpc) is 2.63. The molecule has 1 heterocycles. The molecule has 0 spiro atoms. The maximum atomic E-state index is 12.1. The van der Waals surface area contributed by atoms with Gasteiger partial charge in [0.1, 0.15) is 7.85 Å². The number of hydrazine groups is 1. The number of rotatable bonds is 5. The number of hydrogen-bond donors (Lipinski definition) is 3. The van der Waals surface area contributed by atoms with E-state index in [4.69, 9.17) is 0 Å². The number of carbonyl (C=O) groups is 2. The lowest BCUT2D eigenvalue weighted by molar-refractivity contribution is -0.132. The van der Waals surface area contributed by atoms with E-state index < -0.39 is 18.2 Å². The molecule has 1 aliphatic carbocycles. The van der Waals surface area contributed by atoms with Crippen molar-refractivity contribution in [2.75, 3.05) is 5.32 Å². The zero-order chi connectivity index (χ0) is 19.4. The molecule has 0 radical (unpaired) electrons. The van der Waals surface area contributed by atoms with Gasteiger partial charge in [-0.1, -0.05) is 29.7 Å². The summed E-state index contributed by atoms with van der Waals surface area (Å²) in [5, 5.41) is 3.34. The molecule has 0 unspecified atom stereocenters. The van der Waals surface area contributed by atoms with E-state index in [1.165, 1.54) is 17.9 Å². The number of amides is 2. The van der Waals surface area contributed by atoms with Crippen molar-refractivity contribution in [3.63, 3.8) is 0 Å². The number of nitrogens with one attached hydrogen (secondary N) is 3. The van der Waals surface area contributed by atoms with Gasteiger partial charge in [0.25, 0.3) is 5.91 Å². The van der Waals surface area contributed by atoms with Crippen molar-refractivity contribution < 1.29 is 18.4 Å². The number of halogens is 2. The largest absolute Gasteiger partial charge is 0.345 e. The minimum absolute atomic E-state index is 0.0353. The number of benzene rings is 1. The number of nitrogens with zero attached hydrogens (tertiary/aromatic N) is 2. The highest BCUT2D eigenvalue weighted by Gasteiger charge is 2.39. The molecular formula is C17H18BF2N5O2. The molecule has 7 nitrogen and oxygen atoms in total. The fraction of sp³-hybridized carbons (Fsp3) is 0.294. The zero-order valence-electron chi connectivity index (χ0n) is 14.6. The molecule has 27 heavy (non-hydrogen) atoms. The first kappa shape index (κ1) is 18.7. The summed E-state index contributed by atoms with van der Waals surface area (Å²) in [6, 6.07) is 8.27. The van der Waals surface area contributed by atoms with Crippen molar-refractivity contribution in [3.8, 4) is 0 Å². The lowest BCUT2D eigenvalue weighted by Gasteiger charge is -2.43. The van der Waals surface area contributed by atoms with Crippen LogP contribution in [0.1, 0.15) is 35.2 Å². The predicted molar refractivity (Wildman–Crippen MR) is 97.4 cm³/mol. The van der Waals surface area contributed by atoms with Crippen LogP contribution in [0, 0.1) is 0 Å². The first-order valence-corrected chi connectivity index (χ1v) is 8.45. The Labute approximate surface area is 155 Å². The molecule has 0 saturated heterocycles. The Bertz CT molecular complexity index is 826. The predicted octanol–water partition coefficient (Wildman–Crippen LogP) is 0.252. The summed E-state index contributed by atoms with van der Waals surface area (Å²) in [5.41, 5.74) is 5.63. The first-order chi connectivity index (χ1) is 12.9. The molecule has 0 atom stereocenters. The molecule has 10 heteroatoms. The quantitative estimate of drug-likeness (QED) is 0.516. The fourth-order valence-corrected chi connectivity index (χ4v) is 2.86. The van der Waals surface area contributed by atoms with E-state index in [-0.39, 0.29) is 11.1 Å². The van der Waals surface area contributed by atoms with Crippen LogP contribution < -0.4 is 21.6 Å². The third-order valence-corrected chi connectivity index (χ3v) is 4.57. The Kier molecular flexibility index (Phi) is 5.34. The van der Waals surface area contributed by atoms with Crippen molar-refractivity contribution in [2.24, 2.45) is 0 Å². The molecule has 2 aromatic rings. The van der Waals surface area contributed by atoms with Gasteiger partial charge in [0.05, 0.1) is 11.1 Å². The second-order valence-corrected chi connectivity index (χ2v) is 6.47. The standard InChI is InChI=1S/C17H18BF2N5O2/c18-12-4-2-11(3-5-12)17(6-1-7-17)23-16-21-8-10(9-22-16)14(26)24-25-15(27)13(19)20/h2-5,8-9,13H,1,6-7,18H2,(H,24,26)(H,25,27)(H,21,22,23). The smallest absolute Gasteiger partial charge is 0.317 e. The first-order valence-electron chi connectivity index (χ1n) is 8.45. The van der Waals surface area contributed by atoms with Crippen LogP contribution in [-0.2, 0) is 10.3 Å². The maximum Gasteiger partial charge on any atom is 0.317 e. The lowest BCUT2D eigenvalue weighted by Crippen LogP contribution is -2.44. The van der Waals surface area contributed by atoms with Crippen molar-refractivity contribution in [3.05, 3.63) is 47.8 Å². The molecule has 2 amide bonds. The molecule has 0 aliphatic heterocycles. The van der Waals surface area contributed by atoms with Gasteiger partial charge in [-0.05, 0) is 24.8 Å². The highest BCUT2D eigenvalue weighted by atomic mass is 19.3. The van der Waals surface area contributed by atoms with Gasteiger partial charge in [0.15, 0.2) is 0 Å². The van der Waals surface area contributed by atoms with Crippen LogP contribution in [0.5, 0.6) is 0 Å². The topological polar surface area (TPSA) is 96.0 Å². The van der Waals surface area contributed by atoms with Crippen molar-refractivity contribution in [1.82, 2.24) is 20.8 Å². The van der Waals surface area contributed by atoms with Gasteiger partial charge in [0.2, 0.25) is 5.95 Å². The van der Waals surface area contributed by atoms with Crippen LogP contribution >= 0.6 is 0 Å². The van der Waals surface area contributed by atoms with Gasteiger partial charge in [-0.15, -0.1) is 0 Å². The Morgan fingerprint density at radius 2 is 1.70 bits per heavy atom. The van der Waals surface area contributed by atoms with E-state index in [0.717, 1.165) is 24.8 Å². The summed E-state index contributed by atoms with van der Waals surface area (Å²) < 4.78 is 24.2. The summed E-state index contributed by atoms with van der Waals surface area (Å²) in [7, 11) is 2.03. The molecule has 1 aromatic heterocycles. The van der Waals surface area contributed by atoms with E-state index in [2.05, 4.69) is 39.6 Å². The average molecular weight is 373 g/mol. The normalized spacial score (nSPS) is 14.9. The highest BCUT2D eigenvalue weighted by molar-refractivity contribution is 6.32. The second kappa shape index (κ2) is 7.69. The molecule has 1 saturated carbocycles. The van der Waals surface area contributed by atoms with Gasteiger partial charge in [-0.2, -0.15) is 8.78 Å². The second-order valence-electron chi connectivity index (χ2n) is 6.47. The van der Waals surface area contributed by atoms with E-state index in [9.17, 15) is 18.4 Å². The van der Waals surface area contributed by atoms with E-state index in [0.29, 0.717) is 5.95 Å². The number of anilines is 1. The number of aromatic nitrogens is 2. The molecule has 1 aliphatic rings. The Hall–Kier alpha value is -3.04. The number of carbonyl (C=O) groups excluding carboxylic acids is 2. The Morgan fingerprint density at radius 3 is 2.22 bits per heavy atom. The van der Waals surface area contributed by atoms with Crippen molar-refractivity contribution in [2.45, 2.75) is 31.2 Å². The zero-order valence-corrected chi connectivity index (χ0v) is 14.6. The van der Waals surface area contributed by atoms with Crippen molar-refractivity contribution in [1.29, 1.82) is 0 Å². The van der Waals surface area contributed by atoms with Gasteiger partial charge in [0, 0.05) is 12.4 Å². The monoisotopic (exact) mass is 373 g/mol. The van der Waals surface area contributed by atoms with Crippen molar-refractivity contribution >= 4 is 31.1 Å². The van der Waals surface area contributed by atoms with Crippen LogP contribution in [0.15, 0.2) is 36.7 Å². The van der Waals surface area contributed by atoms with Crippen LogP contribution in [0.25, 0.3) is 0 Å². The van der Waals surface area contributed by atoms with Crippen LogP contribution in [0.2, 0.25) is 0 Å². The minimum Gasteiger partial charge on any atom is -0.345 e. The third-order valence-electron chi connectivity index (χ3n) is 4.57. The molecule has 1 fully saturated rings. The van der Waals surface area contributed by atoms with Crippen LogP contribution in [-0.4, -0.2) is 36.1 Å².